The molecule has 4 N–H and O–H groups in total. The van der Waals surface area contributed by atoms with E-state index in [0.29, 0.717) is 5.69 Å². The summed E-state index contributed by atoms with van der Waals surface area (Å²) >= 11 is 1.09. The van der Waals surface area contributed by atoms with Gasteiger partial charge in [-0.15, -0.1) is 11.3 Å². The lowest BCUT2D eigenvalue weighted by atomic mass is 10.2. The maximum Gasteiger partial charge on any atom is 0.309 e. The third-order valence-corrected chi connectivity index (χ3v) is 3.08. The van der Waals surface area contributed by atoms with Gasteiger partial charge < -0.3 is 15.3 Å². The fourth-order valence-electron chi connectivity index (χ4n) is 1.50. The van der Waals surface area contributed by atoms with Gasteiger partial charge in [-0.2, -0.15) is 0 Å². The number of carboxylic acids is 1. The lowest BCUT2D eigenvalue weighted by Gasteiger charge is -2.03. The van der Waals surface area contributed by atoms with Crippen molar-refractivity contribution in [3.63, 3.8) is 0 Å². The number of aliphatic carboxylic acids is 1. The molecule has 0 aliphatic rings. The maximum atomic E-state index is 11.9. The second-order valence-corrected chi connectivity index (χ2v) is 4.76. The number of aromatic hydroxyl groups is 2. The number of nitrogens with one attached hydrogen (secondary N) is 1. The van der Waals surface area contributed by atoms with E-state index in [9.17, 15) is 19.8 Å². The summed E-state index contributed by atoms with van der Waals surface area (Å²) < 4.78 is 0. The molecular formula is C12H10N2O5S. The molecule has 2 aromatic rings. The standard InChI is InChI=1S/C12H10N2O5S/c15-8-1-6(2-9(16)4-8)11(19)14-12-13-7(5-20-12)3-10(17)18/h1-2,4-5,15-16H,3H2,(H,17,18)(H,13,14,19). The number of carbonyl (C=O) groups is 2. The molecule has 0 saturated heterocycles. The van der Waals surface area contributed by atoms with Crippen molar-refractivity contribution in [2.75, 3.05) is 5.32 Å². The smallest absolute Gasteiger partial charge is 0.309 e. The summed E-state index contributed by atoms with van der Waals surface area (Å²) in [6, 6.07) is 3.49. The molecule has 0 aliphatic heterocycles. The molecule has 0 aliphatic carbocycles. The Kier molecular flexibility index (Phi) is 3.85. The van der Waals surface area contributed by atoms with Gasteiger partial charge in [-0.05, 0) is 12.1 Å². The fraction of sp³-hybridized carbons (Fsp3) is 0.0833. The second kappa shape index (κ2) is 5.57. The van der Waals surface area contributed by atoms with Crippen molar-refractivity contribution in [2.24, 2.45) is 0 Å². The largest absolute Gasteiger partial charge is 0.508 e. The van der Waals surface area contributed by atoms with Gasteiger partial charge in [-0.3, -0.25) is 14.9 Å². The number of anilines is 1. The average Bonchev–Trinajstić information content (AvgIpc) is 2.74. The molecule has 20 heavy (non-hydrogen) atoms. The van der Waals surface area contributed by atoms with Crippen molar-refractivity contribution in [2.45, 2.75) is 6.42 Å². The molecule has 0 radical (unpaired) electrons. The van der Waals surface area contributed by atoms with E-state index in [0.717, 1.165) is 17.4 Å². The van der Waals surface area contributed by atoms with Crippen molar-refractivity contribution in [3.05, 3.63) is 34.8 Å². The molecule has 2 rings (SSSR count). The van der Waals surface area contributed by atoms with Crippen LogP contribution in [0.15, 0.2) is 23.6 Å². The highest BCUT2D eigenvalue weighted by Gasteiger charge is 2.12. The average molecular weight is 294 g/mol. The lowest BCUT2D eigenvalue weighted by Crippen LogP contribution is -2.11. The number of amides is 1. The molecule has 1 aromatic carbocycles. The highest BCUT2D eigenvalue weighted by Crippen LogP contribution is 2.22. The Labute approximate surface area is 117 Å². The van der Waals surface area contributed by atoms with E-state index in [1.54, 1.807) is 0 Å². The monoisotopic (exact) mass is 294 g/mol. The third kappa shape index (κ3) is 3.45. The van der Waals surface area contributed by atoms with E-state index < -0.39 is 11.9 Å². The van der Waals surface area contributed by atoms with Crippen LogP contribution in [0.1, 0.15) is 16.1 Å². The van der Waals surface area contributed by atoms with Crippen LogP contribution in [-0.4, -0.2) is 32.2 Å². The molecule has 0 saturated carbocycles. The topological polar surface area (TPSA) is 120 Å². The molecule has 0 unspecified atom stereocenters. The van der Waals surface area contributed by atoms with Crippen LogP contribution in [0.5, 0.6) is 11.5 Å². The van der Waals surface area contributed by atoms with Crippen molar-refractivity contribution in [3.8, 4) is 11.5 Å². The number of carboxylic acid groups (broad SMARTS) is 1. The summed E-state index contributed by atoms with van der Waals surface area (Å²) in [4.78, 5) is 26.3. The van der Waals surface area contributed by atoms with Crippen molar-refractivity contribution in [1.29, 1.82) is 0 Å². The molecule has 0 bridgehead atoms. The van der Waals surface area contributed by atoms with Crippen LogP contribution in [0, 0.1) is 0 Å². The van der Waals surface area contributed by atoms with Gasteiger partial charge in [0.25, 0.3) is 5.91 Å². The first-order valence-electron chi connectivity index (χ1n) is 5.44. The molecule has 1 heterocycles. The molecule has 1 aromatic heterocycles. The Balaban J connectivity index is 2.11. The van der Waals surface area contributed by atoms with Crippen LogP contribution in [0.3, 0.4) is 0 Å². The molecule has 104 valence electrons. The summed E-state index contributed by atoms with van der Waals surface area (Å²) in [5.74, 6) is -2.04. The summed E-state index contributed by atoms with van der Waals surface area (Å²) in [5, 5.41) is 31.4. The van der Waals surface area contributed by atoms with Crippen LogP contribution in [0.25, 0.3) is 0 Å². The van der Waals surface area contributed by atoms with E-state index in [2.05, 4.69) is 10.3 Å². The zero-order chi connectivity index (χ0) is 14.7. The SMILES string of the molecule is O=C(O)Cc1csc(NC(=O)c2cc(O)cc(O)c2)n1. The van der Waals surface area contributed by atoms with Crippen LogP contribution >= 0.6 is 11.3 Å². The minimum absolute atomic E-state index is 0.0671. The lowest BCUT2D eigenvalue weighted by molar-refractivity contribution is -0.136. The quantitative estimate of drug-likeness (QED) is 0.677. The number of phenols is 2. The van der Waals surface area contributed by atoms with Crippen LogP contribution < -0.4 is 5.32 Å². The van der Waals surface area contributed by atoms with E-state index in [4.69, 9.17) is 5.11 Å². The van der Waals surface area contributed by atoms with Gasteiger partial charge in [0.1, 0.15) is 11.5 Å². The minimum atomic E-state index is -1.01. The predicted molar refractivity (Wildman–Crippen MR) is 71.2 cm³/mol. The molecule has 8 heteroatoms. The fourth-order valence-corrected chi connectivity index (χ4v) is 2.20. The van der Waals surface area contributed by atoms with Gasteiger partial charge in [-0.1, -0.05) is 0 Å². The molecule has 0 spiro atoms. The number of aromatic nitrogens is 1. The summed E-state index contributed by atoms with van der Waals surface area (Å²) in [7, 11) is 0. The van der Waals surface area contributed by atoms with Crippen molar-refractivity contribution < 1.29 is 24.9 Å². The maximum absolute atomic E-state index is 11.9. The van der Waals surface area contributed by atoms with Crippen LogP contribution in [0.4, 0.5) is 5.13 Å². The molecule has 0 fully saturated rings. The number of nitrogens with zero attached hydrogens (tertiary/aromatic N) is 1. The number of hydrogen-bond donors (Lipinski definition) is 4. The van der Waals surface area contributed by atoms with Gasteiger partial charge in [0.05, 0.1) is 12.1 Å². The van der Waals surface area contributed by atoms with Crippen molar-refractivity contribution >= 4 is 28.3 Å². The summed E-state index contributed by atoms with van der Waals surface area (Å²) in [6.45, 7) is 0. The summed E-state index contributed by atoms with van der Waals surface area (Å²) in [5.41, 5.74) is 0.411. The summed E-state index contributed by atoms with van der Waals surface area (Å²) in [6.07, 6.45) is -0.223. The number of benzene rings is 1. The number of phenolic OH excluding ortho intramolecular Hbond substituents is 2. The Morgan fingerprint density at radius 3 is 2.45 bits per heavy atom. The van der Waals surface area contributed by atoms with Gasteiger partial charge >= 0.3 is 5.97 Å². The first kappa shape index (κ1) is 13.8. The van der Waals surface area contributed by atoms with E-state index in [-0.39, 0.29) is 28.6 Å². The van der Waals surface area contributed by atoms with Crippen molar-refractivity contribution in [1.82, 2.24) is 4.98 Å². The van der Waals surface area contributed by atoms with Crippen LogP contribution in [-0.2, 0) is 11.2 Å². The Morgan fingerprint density at radius 2 is 1.85 bits per heavy atom. The Morgan fingerprint density at radius 1 is 1.20 bits per heavy atom. The normalized spacial score (nSPS) is 10.2. The van der Waals surface area contributed by atoms with E-state index >= 15 is 0 Å². The van der Waals surface area contributed by atoms with E-state index in [1.807, 2.05) is 0 Å². The molecule has 0 atom stereocenters. The van der Waals surface area contributed by atoms with Crippen LogP contribution in [0.2, 0.25) is 0 Å². The molecule has 1 amide bonds. The first-order chi connectivity index (χ1) is 9.44. The minimum Gasteiger partial charge on any atom is -0.508 e. The zero-order valence-electron chi connectivity index (χ0n) is 10.0. The highest BCUT2D eigenvalue weighted by atomic mass is 32.1. The molecular weight excluding hydrogens is 284 g/mol. The highest BCUT2D eigenvalue weighted by molar-refractivity contribution is 7.14. The van der Waals surface area contributed by atoms with E-state index in [1.165, 1.54) is 17.5 Å². The second-order valence-electron chi connectivity index (χ2n) is 3.91. The number of carbonyl (C=O) groups excluding carboxylic acids is 1. The molecule has 7 nitrogen and oxygen atoms in total. The van der Waals surface area contributed by atoms with Gasteiger partial charge in [0.2, 0.25) is 0 Å². The third-order valence-electron chi connectivity index (χ3n) is 2.27. The number of hydrogen-bond acceptors (Lipinski definition) is 6. The Hall–Kier alpha value is -2.61. The van der Waals surface area contributed by atoms with Gasteiger partial charge in [-0.25, -0.2) is 4.98 Å². The predicted octanol–water partition coefficient (Wildman–Crippen LogP) is 1.43. The first-order valence-corrected chi connectivity index (χ1v) is 6.32. The van der Waals surface area contributed by atoms with Gasteiger partial charge in [0, 0.05) is 17.0 Å². The zero-order valence-corrected chi connectivity index (χ0v) is 10.8. The number of thiazole rings is 1. The Bertz CT molecular complexity index is 647. The number of rotatable bonds is 4. The van der Waals surface area contributed by atoms with Gasteiger partial charge in [0.15, 0.2) is 5.13 Å².